The summed E-state index contributed by atoms with van der Waals surface area (Å²) in [5.41, 5.74) is 7.04. The Morgan fingerprint density at radius 1 is 1.40 bits per heavy atom. The highest BCUT2D eigenvalue weighted by atomic mass is 35.5. The fraction of sp³-hybridized carbons (Fsp3) is 0.222. The summed E-state index contributed by atoms with van der Waals surface area (Å²) in [5, 5.41) is 0. The van der Waals surface area contributed by atoms with E-state index < -0.39 is 0 Å². The number of fused-ring (bicyclic) bond motifs is 1. The largest absolute Gasteiger partial charge is 0.330 e. The Kier molecular flexibility index (Phi) is 5.00. The molecule has 2 rings (SSSR count). The molecule has 0 spiro atoms. The number of benzene rings is 1. The lowest BCUT2D eigenvalue weighted by Crippen LogP contribution is -2.04. The lowest BCUT2D eigenvalue weighted by Gasteiger charge is -1.97. The van der Waals surface area contributed by atoms with Gasteiger partial charge in [-0.3, -0.25) is 0 Å². The summed E-state index contributed by atoms with van der Waals surface area (Å²) in [5.74, 6) is 0.495. The van der Waals surface area contributed by atoms with Crippen LogP contribution in [0.5, 0.6) is 0 Å². The number of nitrogens with zero attached hydrogens (tertiary/aromatic N) is 2. The lowest BCUT2D eigenvalue weighted by molar-refractivity contribution is 0.629. The summed E-state index contributed by atoms with van der Waals surface area (Å²) in [6.45, 7) is 0.368. The maximum absolute atomic E-state index is 12.8. The number of halogens is 3. The van der Waals surface area contributed by atoms with Gasteiger partial charge < -0.3 is 10.3 Å². The Morgan fingerprint density at radius 3 is 2.67 bits per heavy atom. The van der Waals surface area contributed by atoms with E-state index in [9.17, 15) is 4.39 Å². The fourth-order valence-electron chi connectivity index (χ4n) is 1.41. The van der Waals surface area contributed by atoms with Gasteiger partial charge in [-0.1, -0.05) is 0 Å². The van der Waals surface area contributed by atoms with Crippen LogP contribution < -0.4 is 5.73 Å². The Labute approximate surface area is 99.3 Å². The van der Waals surface area contributed by atoms with Gasteiger partial charge in [-0.2, -0.15) is 0 Å². The number of aryl methyl sites for hydroxylation is 1. The molecule has 0 aliphatic heterocycles. The molecule has 0 amide bonds. The molecule has 0 radical (unpaired) electrons. The number of hydrogen-bond acceptors (Lipinski definition) is 2. The molecule has 0 unspecified atom stereocenters. The van der Waals surface area contributed by atoms with Crippen LogP contribution in [0.4, 0.5) is 4.39 Å². The second-order valence-electron chi connectivity index (χ2n) is 2.92. The number of imidazole rings is 1. The first-order valence-corrected chi connectivity index (χ1v) is 4.03. The topological polar surface area (TPSA) is 43.8 Å². The van der Waals surface area contributed by atoms with Crippen molar-refractivity contribution in [1.82, 2.24) is 9.55 Å². The van der Waals surface area contributed by atoms with E-state index in [1.165, 1.54) is 12.1 Å². The van der Waals surface area contributed by atoms with E-state index in [2.05, 4.69) is 4.98 Å². The third kappa shape index (κ3) is 2.40. The van der Waals surface area contributed by atoms with Crippen LogP contribution >= 0.6 is 24.8 Å². The highest BCUT2D eigenvalue weighted by molar-refractivity contribution is 5.85. The molecule has 1 aromatic heterocycles. The lowest BCUT2D eigenvalue weighted by atomic mass is 10.3. The first kappa shape index (κ1) is 14.2. The molecule has 0 bridgehead atoms. The van der Waals surface area contributed by atoms with Crippen LogP contribution in [0, 0.1) is 5.82 Å². The van der Waals surface area contributed by atoms with Crippen LogP contribution in [-0.2, 0) is 13.6 Å². The van der Waals surface area contributed by atoms with Crippen LogP contribution in [0.2, 0.25) is 0 Å². The van der Waals surface area contributed by atoms with Crippen molar-refractivity contribution in [3.8, 4) is 0 Å². The predicted octanol–water partition coefficient (Wildman–Crippen LogP) is 2.01. The van der Waals surface area contributed by atoms with Crippen molar-refractivity contribution in [1.29, 1.82) is 0 Å². The van der Waals surface area contributed by atoms with Crippen LogP contribution in [-0.4, -0.2) is 9.55 Å². The average molecular weight is 252 g/mol. The summed E-state index contributed by atoms with van der Waals surface area (Å²) in [6, 6.07) is 4.54. The molecule has 2 N–H and O–H groups in total. The zero-order valence-electron chi connectivity index (χ0n) is 8.11. The SMILES string of the molecule is Cl.Cl.Cn1c(CN)nc2cc(F)ccc21. The molecule has 15 heavy (non-hydrogen) atoms. The number of hydrogen-bond donors (Lipinski definition) is 1. The van der Waals surface area contributed by atoms with Crippen molar-refractivity contribution >= 4 is 35.8 Å². The summed E-state index contributed by atoms with van der Waals surface area (Å²) < 4.78 is 14.7. The van der Waals surface area contributed by atoms with Gasteiger partial charge in [0.15, 0.2) is 0 Å². The fourth-order valence-corrected chi connectivity index (χ4v) is 1.41. The van der Waals surface area contributed by atoms with Crippen molar-refractivity contribution in [2.24, 2.45) is 12.8 Å². The zero-order valence-corrected chi connectivity index (χ0v) is 9.74. The molecule has 0 saturated heterocycles. The van der Waals surface area contributed by atoms with E-state index >= 15 is 0 Å². The van der Waals surface area contributed by atoms with Crippen molar-refractivity contribution < 1.29 is 4.39 Å². The Morgan fingerprint density at radius 2 is 2.07 bits per heavy atom. The molecule has 6 heteroatoms. The summed E-state index contributed by atoms with van der Waals surface area (Å²) in [4.78, 5) is 4.19. The van der Waals surface area contributed by atoms with Gasteiger partial charge in [-0.15, -0.1) is 24.8 Å². The Bertz CT molecular complexity index is 456. The molecule has 84 valence electrons. The van der Waals surface area contributed by atoms with Gasteiger partial charge in [0, 0.05) is 13.1 Å². The van der Waals surface area contributed by atoms with Gasteiger partial charge in [0.2, 0.25) is 0 Å². The average Bonchev–Trinajstić information content (AvgIpc) is 2.42. The molecular formula is C9H12Cl2FN3. The van der Waals surface area contributed by atoms with Gasteiger partial charge in [0.05, 0.1) is 17.6 Å². The number of nitrogens with two attached hydrogens (primary N) is 1. The number of aromatic nitrogens is 2. The quantitative estimate of drug-likeness (QED) is 0.843. The van der Waals surface area contributed by atoms with Crippen molar-refractivity contribution in [2.75, 3.05) is 0 Å². The first-order chi connectivity index (χ1) is 6.22. The van der Waals surface area contributed by atoms with Gasteiger partial charge in [0.1, 0.15) is 11.6 Å². The van der Waals surface area contributed by atoms with E-state index in [1.54, 1.807) is 6.07 Å². The third-order valence-corrected chi connectivity index (χ3v) is 2.12. The van der Waals surface area contributed by atoms with Gasteiger partial charge in [-0.05, 0) is 12.1 Å². The van der Waals surface area contributed by atoms with Crippen LogP contribution in [0.25, 0.3) is 11.0 Å². The molecule has 3 nitrogen and oxygen atoms in total. The van der Waals surface area contributed by atoms with E-state index in [-0.39, 0.29) is 30.6 Å². The number of rotatable bonds is 1. The predicted molar refractivity (Wildman–Crippen MR) is 63.1 cm³/mol. The van der Waals surface area contributed by atoms with Crippen molar-refractivity contribution in [3.05, 3.63) is 29.8 Å². The summed E-state index contributed by atoms with van der Waals surface area (Å²) >= 11 is 0. The zero-order chi connectivity index (χ0) is 9.42. The molecule has 0 aliphatic carbocycles. The molecule has 1 heterocycles. The van der Waals surface area contributed by atoms with E-state index in [0.29, 0.717) is 12.1 Å². The van der Waals surface area contributed by atoms with Crippen LogP contribution in [0.15, 0.2) is 18.2 Å². The molecule has 0 atom stereocenters. The third-order valence-electron chi connectivity index (χ3n) is 2.12. The maximum atomic E-state index is 12.8. The highest BCUT2D eigenvalue weighted by Gasteiger charge is 2.05. The minimum atomic E-state index is -0.269. The molecule has 0 aliphatic rings. The van der Waals surface area contributed by atoms with Crippen LogP contribution in [0.3, 0.4) is 0 Å². The smallest absolute Gasteiger partial charge is 0.125 e. The summed E-state index contributed by atoms with van der Waals surface area (Å²) in [6.07, 6.45) is 0. The molecule has 0 fully saturated rings. The highest BCUT2D eigenvalue weighted by Crippen LogP contribution is 2.15. The van der Waals surface area contributed by atoms with Gasteiger partial charge in [-0.25, -0.2) is 9.37 Å². The van der Waals surface area contributed by atoms with Crippen LogP contribution in [0.1, 0.15) is 5.82 Å². The molecule has 2 aromatic rings. The summed E-state index contributed by atoms with van der Waals surface area (Å²) in [7, 11) is 1.87. The Hall–Kier alpha value is -0.840. The maximum Gasteiger partial charge on any atom is 0.125 e. The normalized spacial score (nSPS) is 9.53. The van der Waals surface area contributed by atoms with Gasteiger partial charge >= 0.3 is 0 Å². The van der Waals surface area contributed by atoms with Gasteiger partial charge in [0.25, 0.3) is 0 Å². The molecule has 1 aromatic carbocycles. The van der Waals surface area contributed by atoms with E-state index in [4.69, 9.17) is 5.73 Å². The monoisotopic (exact) mass is 251 g/mol. The first-order valence-electron chi connectivity index (χ1n) is 4.03. The Balaban J connectivity index is 0.000000980. The minimum Gasteiger partial charge on any atom is -0.330 e. The second kappa shape index (κ2) is 5.30. The second-order valence-corrected chi connectivity index (χ2v) is 2.92. The van der Waals surface area contributed by atoms with Crippen molar-refractivity contribution in [3.63, 3.8) is 0 Å². The van der Waals surface area contributed by atoms with E-state index in [0.717, 1.165) is 11.3 Å². The van der Waals surface area contributed by atoms with E-state index in [1.807, 2.05) is 11.6 Å². The molecule has 0 saturated carbocycles. The minimum absolute atomic E-state index is 0. The molecular weight excluding hydrogens is 240 g/mol. The standard InChI is InChI=1S/C9H10FN3.2ClH/c1-13-8-3-2-6(10)4-7(8)12-9(13)5-11;;/h2-4H,5,11H2,1H3;2*1H. The van der Waals surface area contributed by atoms with Crippen molar-refractivity contribution in [2.45, 2.75) is 6.54 Å².